The van der Waals surface area contributed by atoms with Crippen LogP contribution in [0.5, 0.6) is 0 Å². The van der Waals surface area contributed by atoms with Gasteiger partial charge in [0, 0.05) is 29.6 Å². The van der Waals surface area contributed by atoms with Gasteiger partial charge in [-0.25, -0.2) is 9.36 Å². The lowest BCUT2D eigenvalue weighted by Crippen LogP contribution is -2.41. The summed E-state index contributed by atoms with van der Waals surface area (Å²) in [5, 5.41) is 3.29. The first-order valence-electron chi connectivity index (χ1n) is 12.6. The van der Waals surface area contributed by atoms with Gasteiger partial charge in [-0.15, -0.1) is 11.3 Å². The number of nitrogens with one attached hydrogen (secondary N) is 1. The molecule has 5 rings (SSSR count). The van der Waals surface area contributed by atoms with Crippen molar-refractivity contribution in [3.63, 3.8) is 0 Å². The number of Topliss-reactive ketones (excluding diaryl/α,β-unsaturated/α-hetero) is 1. The van der Waals surface area contributed by atoms with Crippen LogP contribution in [0.15, 0.2) is 52.1 Å². The fourth-order valence-corrected chi connectivity index (χ4v) is 6.39. The minimum absolute atomic E-state index is 0.0677. The Morgan fingerprint density at radius 2 is 1.69 bits per heavy atom. The molecule has 1 N–H and O–H groups in total. The molecule has 200 valence electrons. The molecular formula is C29H28N4O5S. The van der Waals surface area contributed by atoms with E-state index in [4.69, 9.17) is 0 Å². The summed E-state index contributed by atoms with van der Waals surface area (Å²) >= 11 is 1.26. The number of ketones is 1. The third kappa shape index (κ3) is 4.72. The Hall–Kier alpha value is -4.31. The SMILES string of the molecule is CC(=O)c1cccc(-n2c(=O)c3c4c(sc3n(CC(=O)Nc3c(C)cccc3C)c2=O)CN(C(C)=O)CC4)c1. The number of carbonyl (C=O) groups is 3. The van der Waals surface area contributed by atoms with Crippen LogP contribution >= 0.6 is 11.3 Å². The van der Waals surface area contributed by atoms with E-state index < -0.39 is 17.2 Å². The van der Waals surface area contributed by atoms with Gasteiger partial charge < -0.3 is 10.2 Å². The van der Waals surface area contributed by atoms with Gasteiger partial charge in [0.2, 0.25) is 11.8 Å². The zero-order valence-corrected chi connectivity index (χ0v) is 23.0. The number of aromatic nitrogens is 2. The van der Waals surface area contributed by atoms with Crippen molar-refractivity contribution < 1.29 is 14.4 Å². The molecule has 1 aliphatic rings. The van der Waals surface area contributed by atoms with Crippen molar-refractivity contribution in [1.29, 1.82) is 0 Å². The van der Waals surface area contributed by atoms with Gasteiger partial charge in [0.1, 0.15) is 11.4 Å². The lowest BCUT2D eigenvalue weighted by Gasteiger charge is -2.25. The molecule has 9 nitrogen and oxygen atoms in total. The van der Waals surface area contributed by atoms with Crippen molar-refractivity contribution in [2.24, 2.45) is 0 Å². The monoisotopic (exact) mass is 544 g/mol. The highest BCUT2D eigenvalue weighted by Crippen LogP contribution is 2.33. The van der Waals surface area contributed by atoms with E-state index in [1.165, 1.54) is 35.8 Å². The summed E-state index contributed by atoms with van der Waals surface area (Å²) < 4.78 is 2.35. The van der Waals surface area contributed by atoms with E-state index in [9.17, 15) is 24.0 Å². The van der Waals surface area contributed by atoms with Crippen LogP contribution in [0.3, 0.4) is 0 Å². The zero-order chi connectivity index (χ0) is 28.0. The maximum absolute atomic E-state index is 13.9. The van der Waals surface area contributed by atoms with E-state index in [-0.39, 0.29) is 23.9 Å². The topological polar surface area (TPSA) is 110 Å². The summed E-state index contributed by atoms with van der Waals surface area (Å²) in [6.07, 6.45) is 0.463. The molecule has 1 aliphatic heterocycles. The molecule has 0 atom stereocenters. The van der Waals surface area contributed by atoms with Crippen LogP contribution in [0.1, 0.15) is 45.8 Å². The average molecular weight is 545 g/mol. The Bertz CT molecular complexity index is 1780. The second-order valence-electron chi connectivity index (χ2n) is 9.81. The Kier molecular flexibility index (Phi) is 6.82. The maximum atomic E-state index is 13.9. The number of para-hydroxylation sites is 1. The first-order chi connectivity index (χ1) is 18.6. The van der Waals surface area contributed by atoms with E-state index in [0.717, 1.165) is 26.1 Å². The first kappa shape index (κ1) is 26.3. The van der Waals surface area contributed by atoms with Crippen molar-refractivity contribution in [3.8, 4) is 5.69 Å². The van der Waals surface area contributed by atoms with Crippen LogP contribution in [-0.4, -0.2) is 38.2 Å². The molecule has 2 amide bonds. The van der Waals surface area contributed by atoms with Gasteiger partial charge in [-0.05, 0) is 56.0 Å². The molecule has 2 aromatic heterocycles. The highest BCUT2D eigenvalue weighted by molar-refractivity contribution is 7.18. The number of hydrogen-bond acceptors (Lipinski definition) is 6. The quantitative estimate of drug-likeness (QED) is 0.386. The van der Waals surface area contributed by atoms with Gasteiger partial charge in [-0.2, -0.15) is 0 Å². The summed E-state index contributed by atoms with van der Waals surface area (Å²) in [4.78, 5) is 68.1. The van der Waals surface area contributed by atoms with Gasteiger partial charge >= 0.3 is 5.69 Å². The Morgan fingerprint density at radius 3 is 2.36 bits per heavy atom. The third-order valence-corrected chi connectivity index (χ3v) is 8.37. The van der Waals surface area contributed by atoms with Crippen molar-refractivity contribution in [2.75, 3.05) is 11.9 Å². The lowest BCUT2D eigenvalue weighted by molar-refractivity contribution is -0.129. The van der Waals surface area contributed by atoms with Crippen molar-refractivity contribution in [2.45, 2.75) is 47.2 Å². The standard InChI is InChI=1S/C29H28N4O5S/c1-16-7-5-8-17(2)26(16)30-24(36)15-32-28-25(22-11-12-31(19(4)35)14-23(22)39-28)27(37)33(29(32)38)21-10-6-9-20(13-21)18(3)34/h5-10,13H,11-12,14-15H2,1-4H3,(H,30,36). The molecule has 0 aliphatic carbocycles. The number of hydrogen-bond donors (Lipinski definition) is 1. The number of thiophene rings is 1. The summed E-state index contributed by atoms with van der Waals surface area (Å²) in [6.45, 7) is 7.18. The lowest BCUT2D eigenvalue weighted by atomic mass is 10.1. The number of fused-ring (bicyclic) bond motifs is 3. The fourth-order valence-electron chi connectivity index (χ4n) is 5.04. The Balaban J connectivity index is 1.70. The minimum Gasteiger partial charge on any atom is -0.337 e. The summed E-state index contributed by atoms with van der Waals surface area (Å²) in [6, 6.07) is 12.0. The minimum atomic E-state index is -0.674. The van der Waals surface area contributed by atoms with Crippen LogP contribution in [0.2, 0.25) is 0 Å². The predicted octanol–water partition coefficient (Wildman–Crippen LogP) is 3.58. The Morgan fingerprint density at radius 1 is 1.00 bits per heavy atom. The zero-order valence-electron chi connectivity index (χ0n) is 22.2. The second kappa shape index (κ2) is 10.1. The van der Waals surface area contributed by atoms with Crippen LogP contribution in [-0.2, 0) is 29.1 Å². The summed E-state index contributed by atoms with van der Waals surface area (Å²) in [7, 11) is 0. The van der Waals surface area contributed by atoms with Gasteiger partial charge in [-0.3, -0.25) is 23.7 Å². The van der Waals surface area contributed by atoms with E-state index >= 15 is 0 Å². The predicted molar refractivity (Wildman–Crippen MR) is 151 cm³/mol. The number of benzene rings is 2. The average Bonchev–Trinajstić information content (AvgIpc) is 3.28. The summed E-state index contributed by atoms with van der Waals surface area (Å²) in [5.41, 5.74) is 2.69. The van der Waals surface area contributed by atoms with Gasteiger partial charge in [0.05, 0.1) is 17.6 Å². The highest BCUT2D eigenvalue weighted by atomic mass is 32.1. The highest BCUT2D eigenvalue weighted by Gasteiger charge is 2.28. The first-order valence-corrected chi connectivity index (χ1v) is 13.4. The largest absolute Gasteiger partial charge is 0.337 e. The molecule has 39 heavy (non-hydrogen) atoms. The van der Waals surface area contributed by atoms with Gasteiger partial charge in [0.15, 0.2) is 5.78 Å². The maximum Gasteiger partial charge on any atom is 0.337 e. The van der Waals surface area contributed by atoms with Crippen LogP contribution in [0, 0.1) is 13.8 Å². The number of aryl methyl sites for hydroxylation is 2. The van der Waals surface area contributed by atoms with E-state index in [1.54, 1.807) is 23.1 Å². The van der Waals surface area contributed by atoms with Crippen LogP contribution in [0.4, 0.5) is 5.69 Å². The fraction of sp³-hybridized carbons (Fsp3) is 0.276. The summed E-state index contributed by atoms with van der Waals surface area (Å²) in [5.74, 6) is -0.673. The molecule has 0 spiro atoms. The van der Waals surface area contributed by atoms with Gasteiger partial charge in [0.25, 0.3) is 5.56 Å². The van der Waals surface area contributed by atoms with Crippen LogP contribution in [0.25, 0.3) is 15.9 Å². The molecule has 0 saturated heterocycles. The number of anilines is 1. The molecule has 0 unspecified atom stereocenters. The molecule has 0 bridgehead atoms. The molecule has 4 aromatic rings. The Labute approximate surface area is 228 Å². The van der Waals surface area contributed by atoms with E-state index in [2.05, 4.69) is 5.32 Å². The van der Waals surface area contributed by atoms with Crippen molar-refractivity contribution >= 4 is 44.8 Å². The number of rotatable bonds is 5. The second-order valence-corrected chi connectivity index (χ2v) is 10.9. The third-order valence-electron chi connectivity index (χ3n) is 7.13. The molecule has 0 saturated carbocycles. The molecule has 2 aromatic carbocycles. The molecule has 0 fully saturated rings. The van der Waals surface area contributed by atoms with Gasteiger partial charge in [-0.1, -0.05) is 30.3 Å². The molecule has 10 heteroatoms. The van der Waals surface area contributed by atoms with Crippen LogP contribution < -0.4 is 16.6 Å². The van der Waals surface area contributed by atoms with E-state index in [1.807, 2.05) is 32.0 Å². The number of carbonyl (C=O) groups excluding carboxylic acids is 3. The van der Waals surface area contributed by atoms with E-state index in [0.29, 0.717) is 41.0 Å². The van der Waals surface area contributed by atoms with Crippen molar-refractivity contribution in [1.82, 2.24) is 14.0 Å². The number of amides is 2. The molecule has 3 heterocycles. The molecule has 0 radical (unpaired) electrons. The smallest absolute Gasteiger partial charge is 0.337 e. The number of nitrogens with zero attached hydrogens (tertiary/aromatic N) is 3. The normalized spacial score (nSPS) is 12.9. The van der Waals surface area contributed by atoms with Crippen molar-refractivity contribution in [3.05, 3.63) is 90.4 Å². The molecular weight excluding hydrogens is 516 g/mol.